The van der Waals surface area contributed by atoms with E-state index in [0.29, 0.717) is 11.5 Å². The highest BCUT2D eigenvalue weighted by molar-refractivity contribution is 5.88. The summed E-state index contributed by atoms with van der Waals surface area (Å²) in [7, 11) is 0. The summed E-state index contributed by atoms with van der Waals surface area (Å²) in [6, 6.07) is 0. The van der Waals surface area contributed by atoms with Crippen LogP contribution in [0.15, 0.2) is 25.0 Å². The summed E-state index contributed by atoms with van der Waals surface area (Å²) in [5, 5.41) is 0. The third kappa shape index (κ3) is 6.10. The first-order valence-corrected chi connectivity index (χ1v) is 5.65. The summed E-state index contributed by atoms with van der Waals surface area (Å²) in [5.41, 5.74) is 0.554. The van der Waals surface area contributed by atoms with E-state index in [-0.39, 0.29) is 5.97 Å². The van der Waals surface area contributed by atoms with Crippen LogP contribution >= 0.6 is 0 Å². The van der Waals surface area contributed by atoms with Crippen LogP contribution in [-0.4, -0.2) is 5.97 Å². The summed E-state index contributed by atoms with van der Waals surface area (Å²) in [6.45, 7) is 11.4. The lowest BCUT2D eigenvalue weighted by Gasteiger charge is -2.14. The minimum atomic E-state index is -0.347. The Labute approximate surface area is 93.0 Å². The molecule has 0 N–H and O–H groups in total. The molecule has 0 aliphatic carbocycles. The second kappa shape index (κ2) is 8.27. The summed E-state index contributed by atoms with van der Waals surface area (Å²) < 4.78 is 4.68. The van der Waals surface area contributed by atoms with E-state index in [1.165, 1.54) is 12.8 Å². The first-order chi connectivity index (χ1) is 7.15. The Morgan fingerprint density at radius 1 is 1.47 bits per heavy atom. The molecule has 86 valence electrons. The molecule has 0 amide bonds. The third-order valence-electron chi connectivity index (χ3n) is 2.56. The average Bonchev–Trinajstić information content (AvgIpc) is 2.24. The highest BCUT2D eigenvalue weighted by Crippen LogP contribution is 2.21. The standard InChI is InChI=1S/C13H22O2/c1-5-8-9-12(6-2)10-11(4)13(14)15-7-3/h7,12H,3-6,8-10H2,1-2H3. The van der Waals surface area contributed by atoms with Crippen molar-refractivity contribution in [1.82, 2.24) is 0 Å². The average molecular weight is 210 g/mol. The van der Waals surface area contributed by atoms with Crippen molar-refractivity contribution in [2.45, 2.75) is 46.0 Å². The van der Waals surface area contributed by atoms with Gasteiger partial charge in [-0.25, -0.2) is 4.79 Å². The second-order valence-corrected chi connectivity index (χ2v) is 3.80. The number of esters is 1. The van der Waals surface area contributed by atoms with Crippen LogP contribution in [0.2, 0.25) is 0 Å². The number of carbonyl (C=O) groups excluding carboxylic acids is 1. The zero-order valence-corrected chi connectivity index (χ0v) is 9.92. The van der Waals surface area contributed by atoms with Gasteiger partial charge in [-0.15, -0.1) is 0 Å². The molecule has 0 aromatic rings. The van der Waals surface area contributed by atoms with Gasteiger partial charge in [0, 0.05) is 5.57 Å². The summed E-state index contributed by atoms with van der Waals surface area (Å²) in [6.07, 6.45) is 6.54. The van der Waals surface area contributed by atoms with Crippen molar-refractivity contribution in [1.29, 1.82) is 0 Å². The van der Waals surface area contributed by atoms with Gasteiger partial charge < -0.3 is 4.74 Å². The van der Waals surface area contributed by atoms with Gasteiger partial charge in [-0.05, 0) is 12.3 Å². The first kappa shape index (κ1) is 13.9. The Balaban J connectivity index is 3.99. The topological polar surface area (TPSA) is 26.3 Å². The predicted octanol–water partition coefficient (Wildman–Crippen LogP) is 3.84. The molecule has 0 aliphatic rings. The van der Waals surface area contributed by atoms with E-state index in [4.69, 9.17) is 0 Å². The molecule has 0 rings (SSSR count). The normalized spacial score (nSPS) is 11.9. The molecule has 0 spiro atoms. The van der Waals surface area contributed by atoms with Crippen LogP contribution in [0, 0.1) is 5.92 Å². The molecule has 1 atom stereocenters. The Morgan fingerprint density at radius 3 is 2.60 bits per heavy atom. The van der Waals surface area contributed by atoms with Crippen molar-refractivity contribution >= 4 is 5.97 Å². The van der Waals surface area contributed by atoms with Gasteiger partial charge in [-0.1, -0.05) is 52.7 Å². The lowest BCUT2D eigenvalue weighted by atomic mass is 9.92. The fourth-order valence-electron chi connectivity index (χ4n) is 1.53. The van der Waals surface area contributed by atoms with Crippen molar-refractivity contribution in [3.63, 3.8) is 0 Å². The van der Waals surface area contributed by atoms with Crippen LogP contribution in [0.4, 0.5) is 0 Å². The molecule has 2 heteroatoms. The molecule has 0 fully saturated rings. The monoisotopic (exact) mass is 210 g/mol. The van der Waals surface area contributed by atoms with Crippen molar-refractivity contribution in [2.24, 2.45) is 5.92 Å². The van der Waals surface area contributed by atoms with Crippen molar-refractivity contribution in [3.8, 4) is 0 Å². The highest BCUT2D eigenvalue weighted by Gasteiger charge is 2.13. The van der Waals surface area contributed by atoms with Gasteiger partial charge >= 0.3 is 5.97 Å². The fourth-order valence-corrected chi connectivity index (χ4v) is 1.53. The molecule has 0 saturated heterocycles. The third-order valence-corrected chi connectivity index (χ3v) is 2.56. The van der Waals surface area contributed by atoms with Crippen LogP contribution < -0.4 is 0 Å². The van der Waals surface area contributed by atoms with E-state index in [2.05, 4.69) is 31.7 Å². The van der Waals surface area contributed by atoms with Crippen LogP contribution in [0.25, 0.3) is 0 Å². The molecule has 0 saturated carbocycles. The van der Waals surface area contributed by atoms with Gasteiger partial charge in [0.15, 0.2) is 0 Å². The fraction of sp³-hybridized carbons (Fsp3) is 0.615. The zero-order valence-electron chi connectivity index (χ0n) is 9.92. The lowest BCUT2D eigenvalue weighted by Crippen LogP contribution is -2.08. The van der Waals surface area contributed by atoms with Crippen LogP contribution in [0.1, 0.15) is 46.0 Å². The number of hydrogen-bond donors (Lipinski definition) is 0. The second-order valence-electron chi connectivity index (χ2n) is 3.80. The van der Waals surface area contributed by atoms with E-state index in [9.17, 15) is 4.79 Å². The maximum absolute atomic E-state index is 11.3. The zero-order chi connectivity index (χ0) is 11.7. The Morgan fingerprint density at radius 2 is 2.13 bits per heavy atom. The molecule has 15 heavy (non-hydrogen) atoms. The number of hydrogen-bond acceptors (Lipinski definition) is 2. The number of ether oxygens (including phenoxy) is 1. The Kier molecular flexibility index (Phi) is 7.69. The minimum Gasteiger partial charge on any atom is -0.432 e. The Hall–Kier alpha value is -1.05. The van der Waals surface area contributed by atoms with Gasteiger partial charge in [-0.2, -0.15) is 0 Å². The van der Waals surface area contributed by atoms with Gasteiger partial charge in [-0.3, -0.25) is 0 Å². The van der Waals surface area contributed by atoms with Crippen molar-refractivity contribution < 1.29 is 9.53 Å². The maximum atomic E-state index is 11.3. The largest absolute Gasteiger partial charge is 0.432 e. The molecular weight excluding hydrogens is 188 g/mol. The number of carbonyl (C=O) groups is 1. The molecular formula is C13H22O2. The molecule has 0 aliphatic heterocycles. The SMILES string of the molecule is C=COC(=O)C(=C)CC(CC)CCCC. The van der Waals surface area contributed by atoms with E-state index in [1.54, 1.807) is 0 Å². The van der Waals surface area contributed by atoms with Crippen LogP contribution in [0.3, 0.4) is 0 Å². The predicted molar refractivity (Wildman–Crippen MR) is 63.4 cm³/mol. The molecule has 0 radical (unpaired) electrons. The molecule has 0 bridgehead atoms. The molecule has 2 nitrogen and oxygen atoms in total. The molecule has 0 aromatic heterocycles. The van der Waals surface area contributed by atoms with E-state index in [1.807, 2.05) is 0 Å². The molecule has 1 unspecified atom stereocenters. The maximum Gasteiger partial charge on any atom is 0.338 e. The van der Waals surface area contributed by atoms with Gasteiger partial charge in [0.05, 0.1) is 6.26 Å². The van der Waals surface area contributed by atoms with Gasteiger partial charge in [0.25, 0.3) is 0 Å². The van der Waals surface area contributed by atoms with Crippen LogP contribution in [-0.2, 0) is 9.53 Å². The molecule has 0 heterocycles. The van der Waals surface area contributed by atoms with E-state index >= 15 is 0 Å². The van der Waals surface area contributed by atoms with E-state index in [0.717, 1.165) is 25.5 Å². The first-order valence-electron chi connectivity index (χ1n) is 5.65. The Bertz CT molecular complexity index is 219. The van der Waals surface area contributed by atoms with Crippen LogP contribution in [0.5, 0.6) is 0 Å². The van der Waals surface area contributed by atoms with Gasteiger partial charge in [0.2, 0.25) is 0 Å². The highest BCUT2D eigenvalue weighted by atomic mass is 16.5. The van der Waals surface area contributed by atoms with Crippen molar-refractivity contribution in [2.75, 3.05) is 0 Å². The number of unbranched alkanes of at least 4 members (excludes halogenated alkanes) is 1. The smallest absolute Gasteiger partial charge is 0.338 e. The lowest BCUT2D eigenvalue weighted by molar-refractivity contribution is -0.133. The number of rotatable bonds is 8. The van der Waals surface area contributed by atoms with Crippen molar-refractivity contribution in [3.05, 3.63) is 25.0 Å². The minimum absolute atomic E-state index is 0.347. The van der Waals surface area contributed by atoms with Gasteiger partial charge in [0.1, 0.15) is 0 Å². The summed E-state index contributed by atoms with van der Waals surface area (Å²) in [5.74, 6) is 0.203. The summed E-state index contributed by atoms with van der Waals surface area (Å²) >= 11 is 0. The molecule has 0 aromatic carbocycles. The quantitative estimate of drug-likeness (QED) is 0.346. The summed E-state index contributed by atoms with van der Waals surface area (Å²) in [4.78, 5) is 11.3. The van der Waals surface area contributed by atoms with E-state index < -0.39 is 0 Å².